The maximum absolute atomic E-state index is 14.3. The summed E-state index contributed by atoms with van der Waals surface area (Å²) in [5, 5.41) is 5.37. The Balaban J connectivity index is 1.25. The molecule has 12 heteroatoms. The van der Waals surface area contributed by atoms with Crippen molar-refractivity contribution in [3.8, 4) is 0 Å². The van der Waals surface area contributed by atoms with E-state index in [-0.39, 0.29) is 23.7 Å². The molecule has 9 nitrogen and oxygen atoms in total. The summed E-state index contributed by atoms with van der Waals surface area (Å²) in [6.45, 7) is 1.34. The number of carbonyl (C=O) groups excluding carboxylic acids is 2. The summed E-state index contributed by atoms with van der Waals surface area (Å²) < 4.78 is 41.7. The van der Waals surface area contributed by atoms with Crippen LogP contribution in [0.5, 0.6) is 0 Å². The Kier molecular flexibility index (Phi) is 6.03. The summed E-state index contributed by atoms with van der Waals surface area (Å²) >= 11 is 0. The van der Waals surface area contributed by atoms with Gasteiger partial charge in [0.2, 0.25) is 5.95 Å². The topological polar surface area (TPSA) is 85.2 Å². The first-order chi connectivity index (χ1) is 16.8. The monoisotopic (exact) mass is 487 g/mol. The molecular weight excluding hydrogens is 463 g/mol. The van der Waals surface area contributed by atoms with E-state index in [0.29, 0.717) is 38.2 Å². The molecule has 1 saturated heterocycles. The van der Waals surface area contributed by atoms with Crippen LogP contribution in [0, 0.1) is 17.5 Å². The van der Waals surface area contributed by atoms with Gasteiger partial charge in [-0.3, -0.25) is 4.79 Å². The highest BCUT2D eigenvalue weighted by molar-refractivity contribution is 5.93. The quantitative estimate of drug-likeness (QED) is 0.662. The van der Waals surface area contributed by atoms with Crippen molar-refractivity contribution in [1.82, 2.24) is 24.8 Å². The Morgan fingerprint density at radius 2 is 1.71 bits per heavy atom. The summed E-state index contributed by atoms with van der Waals surface area (Å²) in [4.78, 5) is 38.8. The summed E-state index contributed by atoms with van der Waals surface area (Å²) in [5.41, 5.74) is 0.0690. The molecule has 0 radical (unpaired) electrons. The van der Waals surface area contributed by atoms with Crippen molar-refractivity contribution in [2.24, 2.45) is 5.10 Å². The minimum atomic E-state index is -0.771. The summed E-state index contributed by atoms with van der Waals surface area (Å²) in [6, 6.07) is 2.33. The SMILES string of the molecule is CN(C(=O)c1nc(N2CCN(C(=O)N3N=CC[C@H]3c3cc(F)cc(F)c3)CC2)ncc1F)C1CC1. The molecule has 2 aromatic rings. The molecule has 0 unspecified atom stereocenters. The summed E-state index contributed by atoms with van der Waals surface area (Å²) in [7, 11) is 1.64. The molecule has 2 fully saturated rings. The van der Waals surface area contributed by atoms with E-state index in [1.165, 1.54) is 22.0 Å². The maximum atomic E-state index is 14.3. The molecule has 5 rings (SSSR count). The lowest BCUT2D eigenvalue weighted by atomic mass is 10.0. The van der Waals surface area contributed by atoms with Crippen molar-refractivity contribution in [3.63, 3.8) is 0 Å². The van der Waals surface area contributed by atoms with Crippen LogP contribution in [0.15, 0.2) is 29.5 Å². The van der Waals surface area contributed by atoms with Crippen molar-refractivity contribution in [2.45, 2.75) is 31.3 Å². The average molecular weight is 487 g/mol. The van der Waals surface area contributed by atoms with Gasteiger partial charge in [-0.15, -0.1) is 0 Å². The zero-order valence-corrected chi connectivity index (χ0v) is 19.1. The van der Waals surface area contributed by atoms with Crippen molar-refractivity contribution in [1.29, 1.82) is 0 Å². The minimum absolute atomic E-state index is 0.121. The van der Waals surface area contributed by atoms with Gasteiger partial charge in [0.15, 0.2) is 11.5 Å². The van der Waals surface area contributed by atoms with E-state index in [0.717, 1.165) is 25.1 Å². The highest BCUT2D eigenvalue weighted by Crippen LogP contribution is 2.31. The summed E-state index contributed by atoms with van der Waals surface area (Å²) in [5.74, 6) is -2.46. The van der Waals surface area contributed by atoms with Crippen LogP contribution >= 0.6 is 0 Å². The van der Waals surface area contributed by atoms with Crippen LogP contribution < -0.4 is 4.90 Å². The number of amides is 3. The normalized spacial score (nSPS) is 19.9. The number of hydrogen-bond donors (Lipinski definition) is 0. The number of benzene rings is 1. The van der Waals surface area contributed by atoms with E-state index in [1.807, 2.05) is 0 Å². The molecule has 1 aliphatic carbocycles. The van der Waals surface area contributed by atoms with Crippen LogP contribution in [0.25, 0.3) is 0 Å². The molecule has 1 aromatic carbocycles. The standard InChI is InChI=1S/C23H24F3N7O2/c1-30(17-2-3-17)21(34)20-18(26)13-27-22(29-20)31-6-8-32(9-7-31)23(35)33-19(4-5-28-33)14-10-15(24)12-16(25)11-14/h5,10-13,17,19H,2-4,6-9H2,1H3/t19-/m0/s1. The molecule has 184 valence electrons. The lowest BCUT2D eigenvalue weighted by Gasteiger charge is -2.37. The predicted octanol–water partition coefficient (Wildman–Crippen LogP) is 2.80. The number of anilines is 1. The lowest BCUT2D eigenvalue weighted by Crippen LogP contribution is -2.52. The molecule has 3 amide bonds. The first kappa shape index (κ1) is 23.1. The van der Waals surface area contributed by atoms with Gasteiger partial charge in [-0.1, -0.05) is 0 Å². The number of piperazine rings is 1. The fraction of sp³-hybridized carbons (Fsp3) is 0.435. The second-order valence-electron chi connectivity index (χ2n) is 8.87. The van der Waals surface area contributed by atoms with Gasteiger partial charge in [0.1, 0.15) is 11.6 Å². The Labute approximate surface area is 199 Å². The number of aromatic nitrogens is 2. The van der Waals surface area contributed by atoms with Crippen molar-refractivity contribution in [2.75, 3.05) is 38.1 Å². The highest BCUT2D eigenvalue weighted by Gasteiger charge is 2.35. The van der Waals surface area contributed by atoms with Gasteiger partial charge in [0.25, 0.3) is 5.91 Å². The van der Waals surface area contributed by atoms with E-state index in [1.54, 1.807) is 23.1 Å². The van der Waals surface area contributed by atoms with Crippen molar-refractivity contribution < 1.29 is 22.8 Å². The van der Waals surface area contributed by atoms with Crippen LogP contribution in [0.3, 0.4) is 0 Å². The fourth-order valence-electron chi connectivity index (χ4n) is 4.34. The third-order valence-electron chi connectivity index (χ3n) is 6.48. The first-order valence-electron chi connectivity index (χ1n) is 11.4. The molecular formula is C23H24F3N7O2. The lowest BCUT2D eigenvalue weighted by molar-refractivity contribution is 0.0774. The van der Waals surface area contributed by atoms with Crippen LogP contribution in [0.4, 0.5) is 23.9 Å². The number of rotatable bonds is 4. The first-order valence-corrected chi connectivity index (χ1v) is 11.4. The Morgan fingerprint density at radius 1 is 1.03 bits per heavy atom. The Morgan fingerprint density at radius 3 is 2.37 bits per heavy atom. The van der Waals surface area contributed by atoms with E-state index in [4.69, 9.17) is 0 Å². The van der Waals surface area contributed by atoms with Crippen LogP contribution in [-0.4, -0.2) is 82.2 Å². The third-order valence-corrected chi connectivity index (χ3v) is 6.48. The van der Waals surface area contributed by atoms with Gasteiger partial charge in [0.05, 0.1) is 12.2 Å². The van der Waals surface area contributed by atoms with Gasteiger partial charge in [-0.05, 0) is 30.5 Å². The third kappa shape index (κ3) is 4.64. The number of halogens is 3. The predicted molar refractivity (Wildman–Crippen MR) is 120 cm³/mol. The molecule has 1 aromatic heterocycles. The molecule has 3 heterocycles. The number of hydrazone groups is 1. The Bertz CT molecular complexity index is 1160. The zero-order valence-electron chi connectivity index (χ0n) is 19.1. The van der Waals surface area contributed by atoms with E-state index < -0.39 is 29.4 Å². The average Bonchev–Trinajstić information content (AvgIpc) is 3.58. The second kappa shape index (κ2) is 9.16. The molecule has 1 saturated carbocycles. The number of hydrogen-bond acceptors (Lipinski definition) is 6. The fourth-order valence-corrected chi connectivity index (χ4v) is 4.34. The Hall–Kier alpha value is -3.70. The van der Waals surface area contributed by atoms with Gasteiger partial charge in [0, 0.05) is 58.0 Å². The molecule has 1 atom stereocenters. The van der Waals surface area contributed by atoms with Gasteiger partial charge >= 0.3 is 6.03 Å². The van der Waals surface area contributed by atoms with Crippen LogP contribution in [-0.2, 0) is 0 Å². The van der Waals surface area contributed by atoms with Gasteiger partial charge in [-0.2, -0.15) is 5.10 Å². The number of nitrogens with zero attached hydrogens (tertiary/aromatic N) is 7. The molecule has 2 aliphatic heterocycles. The number of urea groups is 1. The largest absolute Gasteiger partial charge is 0.341 e. The minimum Gasteiger partial charge on any atom is -0.337 e. The molecule has 0 N–H and O–H groups in total. The summed E-state index contributed by atoms with van der Waals surface area (Å²) in [6.07, 6.45) is 4.69. The van der Waals surface area contributed by atoms with Crippen molar-refractivity contribution in [3.05, 3.63) is 53.1 Å². The van der Waals surface area contributed by atoms with Crippen LogP contribution in [0.1, 0.15) is 41.4 Å². The van der Waals surface area contributed by atoms with Gasteiger partial charge < -0.3 is 14.7 Å². The molecule has 0 bridgehead atoms. The van der Waals surface area contributed by atoms with Gasteiger partial charge in [-0.25, -0.2) is 32.9 Å². The van der Waals surface area contributed by atoms with E-state index in [9.17, 15) is 22.8 Å². The zero-order chi connectivity index (χ0) is 24.7. The van der Waals surface area contributed by atoms with Crippen molar-refractivity contribution >= 4 is 24.1 Å². The smallest absolute Gasteiger partial charge is 0.337 e. The van der Waals surface area contributed by atoms with Crippen LogP contribution in [0.2, 0.25) is 0 Å². The number of carbonyl (C=O) groups is 2. The highest BCUT2D eigenvalue weighted by atomic mass is 19.1. The van der Waals surface area contributed by atoms with E-state index >= 15 is 0 Å². The second-order valence-corrected chi connectivity index (χ2v) is 8.87. The molecule has 3 aliphatic rings. The molecule has 0 spiro atoms. The maximum Gasteiger partial charge on any atom is 0.341 e. The van der Waals surface area contributed by atoms with E-state index in [2.05, 4.69) is 15.1 Å². The molecule has 35 heavy (non-hydrogen) atoms.